The number of hydrogen-bond acceptors (Lipinski definition) is 4. The Morgan fingerprint density at radius 3 is 2.74 bits per heavy atom. The molecular formula is C18H19NO4. The molecule has 0 radical (unpaired) electrons. The number of alkyl carbamates (subject to hydrolysis) is 1. The van der Waals surface area contributed by atoms with Crippen LogP contribution < -0.4 is 14.8 Å². The zero-order valence-corrected chi connectivity index (χ0v) is 13.0. The van der Waals surface area contributed by atoms with Gasteiger partial charge in [0, 0.05) is 6.42 Å². The predicted molar refractivity (Wildman–Crippen MR) is 85.6 cm³/mol. The van der Waals surface area contributed by atoms with Crippen molar-refractivity contribution in [2.75, 3.05) is 13.7 Å². The molecule has 1 aliphatic heterocycles. The molecule has 1 atom stereocenters. The van der Waals surface area contributed by atoms with Crippen LogP contribution in [0.3, 0.4) is 0 Å². The normalized spacial score (nSPS) is 17.1. The highest BCUT2D eigenvalue weighted by Gasteiger charge is 2.21. The summed E-state index contributed by atoms with van der Waals surface area (Å²) in [5.74, 6) is 1.33. The van der Waals surface area contributed by atoms with Gasteiger partial charge in [0.15, 0.2) is 11.5 Å². The number of ether oxygens (including phenoxy) is 3. The summed E-state index contributed by atoms with van der Waals surface area (Å²) < 4.78 is 16.2. The maximum absolute atomic E-state index is 11.3. The molecule has 5 heteroatoms. The van der Waals surface area contributed by atoms with Crippen molar-refractivity contribution < 1.29 is 19.0 Å². The van der Waals surface area contributed by atoms with Gasteiger partial charge in [0.05, 0.1) is 19.8 Å². The molecule has 1 fully saturated rings. The van der Waals surface area contributed by atoms with Crippen molar-refractivity contribution in [2.45, 2.75) is 19.1 Å². The van der Waals surface area contributed by atoms with E-state index in [2.05, 4.69) is 5.32 Å². The van der Waals surface area contributed by atoms with E-state index in [-0.39, 0.29) is 12.1 Å². The number of benzene rings is 2. The Morgan fingerprint density at radius 2 is 2.00 bits per heavy atom. The fourth-order valence-corrected chi connectivity index (χ4v) is 2.53. The van der Waals surface area contributed by atoms with Crippen LogP contribution >= 0.6 is 0 Å². The van der Waals surface area contributed by atoms with E-state index in [0.717, 1.165) is 17.5 Å². The molecule has 2 aromatic carbocycles. The number of rotatable bonds is 5. The molecule has 120 valence electrons. The topological polar surface area (TPSA) is 56.8 Å². The van der Waals surface area contributed by atoms with Crippen LogP contribution in [0.5, 0.6) is 11.5 Å². The van der Waals surface area contributed by atoms with Crippen LogP contribution in [-0.4, -0.2) is 19.8 Å². The molecule has 0 aromatic heterocycles. The molecule has 23 heavy (non-hydrogen) atoms. The molecule has 1 saturated heterocycles. The van der Waals surface area contributed by atoms with Crippen LogP contribution in [-0.2, 0) is 11.3 Å². The molecule has 0 bridgehead atoms. The van der Waals surface area contributed by atoms with Gasteiger partial charge in [-0.05, 0) is 23.3 Å². The highest BCUT2D eigenvalue weighted by atomic mass is 16.6. The minimum absolute atomic E-state index is 0.0617. The van der Waals surface area contributed by atoms with Gasteiger partial charge in [0.25, 0.3) is 0 Å². The Morgan fingerprint density at radius 1 is 1.17 bits per heavy atom. The van der Waals surface area contributed by atoms with Gasteiger partial charge >= 0.3 is 6.09 Å². The number of cyclic esters (lactones) is 1. The van der Waals surface area contributed by atoms with Gasteiger partial charge < -0.3 is 19.5 Å². The second kappa shape index (κ2) is 7.05. The van der Waals surface area contributed by atoms with Crippen molar-refractivity contribution in [1.29, 1.82) is 0 Å². The molecule has 2 aromatic rings. The van der Waals surface area contributed by atoms with Gasteiger partial charge in [0.1, 0.15) is 6.61 Å². The van der Waals surface area contributed by atoms with Crippen LogP contribution in [0.2, 0.25) is 0 Å². The van der Waals surface area contributed by atoms with Crippen LogP contribution in [0.1, 0.15) is 23.6 Å². The summed E-state index contributed by atoms with van der Waals surface area (Å²) in [4.78, 5) is 11.3. The van der Waals surface area contributed by atoms with E-state index in [0.29, 0.717) is 24.7 Å². The zero-order chi connectivity index (χ0) is 16.1. The standard InChI is InChI=1S/C18H19NO4/c1-21-17-11-14(15-9-10-22-18(20)19-15)7-8-16(17)23-12-13-5-3-2-4-6-13/h2-8,11,15H,9-10,12H2,1H3,(H,19,20)/t15-/m1/s1. The lowest BCUT2D eigenvalue weighted by Crippen LogP contribution is -2.35. The van der Waals surface area contributed by atoms with Crippen molar-refractivity contribution in [3.8, 4) is 11.5 Å². The average Bonchev–Trinajstić information content (AvgIpc) is 2.60. The fraction of sp³-hybridized carbons (Fsp3) is 0.278. The molecule has 1 heterocycles. The van der Waals surface area contributed by atoms with Crippen molar-refractivity contribution >= 4 is 6.09 Å². The van der Waals surface area contributed by atoms with Crippen molar-refractivity contribution in [3.63, 3.8) is 0 Å². The van der Waals surface area contributed by atoms with Crippen molar-refractivity contribution in [1.82, 2.24) is 5.32 Å². The minimum atomic E-state index is -0.385. The van der Waals surface area contributed by atoms with Crippen LogP contribution in [0.15, 0.2) is 48.5 Å². The van der Waals surface area contributed by atoms with Crippen LogP contribution in [0, 0.1) is 0 Å². The van der Waals surface area contributed by atoms with Gasteiger partial charge in [-0.2, -0.15) is 0 Å². The SMILES string of the molecule is COc1cc([C@H]2CCOC(=O)N2)ccc1OCc1ccccc1. The van der Waals surface area contributed by atoms with E-state index < -0.39 is 0 Å². The Labute approximate surface area is 135 Å². The van der Waals surface area contributed by atoms with E-state index in [1.807, 2.05) is 48.5 Å². The molecule has 1 amide bonds. The second-order valence-corrected chi connectivity index (χ2v) is 5.31. The van der Waals surface area contributed by atoms with Crippen molar-refractivity contribution in [3.05, 3.63) is 59.7 Å². The lowest BCUT2D eigenvalue weighted by atomic mass is 10.0. The summed E-state index contributed by atoms with van der Waals surface area (Å²) in [6.45, 7) is 0.898. The third-order valence-corrected chi connectivity index (χ3v) is 3.76. The first-order valence-corrected chi connectivity index (χ1v) is 7.54. The van der Waals surface area contributed by atoms with E-state index in [9.17, 15) is 4.79 Å². The van der Waals surface area contributed by atoms with E-state index in [4.69, 9.17) is 14.2 Å². The summed E-state index contributed by atoms with van der Waals surface area (Å²) in [5.41, 5.74) is 2.07. The van der Waals surface area contributed by atoms with E-state index in [1.165, 1.54) is 0 Å². The summed E-state index contributed by atoms with van der Waals surface area (Å²) >= 11 is 0. The zero-order valence-electron chi connectivity index (χ0n) is 13.0. The summed E-state index contributed by atoms with van der Waals surface area (Å²) in [6, 6.07) is 15.6. The van der Waals surface area contributed by atoms with Crippen LogP contribution in [0.25, 0.3) is 0 Å². The molecule has 3 rings (SSSR count). The number of carbonyl (C=O) groups excluding carboxylic acids is 1. The Bertz CT molecular complexity index is 672. The molecular weight excluding hydrogens is 294 g/mol. The van der Waals surface area contributed by atoms with Gasteiger partial charge in [-0.1, -0.05) is 36.4 Å². The monoisotopic (exact) mass is 313 g/mol. The fourth-order valence-electron chi connectivity index (χ4n) is 2.53. The Kier molecular flexibility index (Phi) is 4.66. The second-order valence-electron chi connectivity index (χ2n) is 5.31. The third kappa shape index (κ3) is 3.74. The smallest absolute Gasteiger partial charge is 0.407 e. The molecule has 5 nitrogen and oxygen atoms in total. The van der Waals surface area contributed by atoms with Gasteiger partial charge in [0.2, 0.25) is 0 Å². The average molecular weight is 313 g/mol. The molecule has 0 aliphatic carbocycles. The first-order valence-electron chi connectivity index (χ1n) is 7.54. The Hall–Kier alpha value is -2.69. The van der Waals surface area contributed by atoms with Crippen LogP contribution in [0.4, 0.5) is 4.79 Å². The lowest BCUT2D eigenvalue weighted by Gasteiger charge is -2.24. The highest BCUT2D eigenvalue weighted by Crippen LogP contribution is 2.32. The molecule has 1 aliphatic rings. The van der Waals surface area contributed by atoms with Gasteiger partial charge in [-0.3, -0.25) is 0 Å². The number of methoxy groups -OCH3 is 1. The summed E-state index contributed by atoms with van der Waals surface area (Å²) in [5, 5.41) is 2.80. The highest BCUT2D eigenvalue weighted by molar-refractivity contribution is 5.68. The minimum Gasteiger partial charge on any atom is -0.493 e. The largest absolute Gasteiger partial charge is 0.493 e. The third-order valence-electron chi connectivity index (χ3n) is 3.76. The quantitative estimate of drug-likeness (QED) is 0.918. The number of carbonyl (C=O) groups is 1. The maximum atomic E-state index is 11.3. The first kappa shape index (κ1) is 15.2. The lowest BCUT2D eigenvalue weighted by molar-refractivity contribution is 0.115. The Balaban J connectivity index is 1.73. The maximum Gasteiger partial charge on any atom is 0.407 e. The molecule has 1 N–H and O–H groups in total. The van der Waals surface area contributed by atoms with Gasteiger partial charge in [-0.15, -0.1) is 0 Å². The first-order chi connectivity index (χ1) is 11.3. The molecule has 0 saturated carbocycles. The molecule has 0 spiro atoms. The van der Waals surface area contributed by atoms with E-state index in [1.54, 1.807) is 7.11 Å². The number of nitrogens with one attached hydrogen (secondary N) is 1. The molecule has 0 unspecified atom stereocenters. The van der Waals surface area contributed by atoms with Crippen molar-refractivity contribution in [2.24, 2.45) is 0 Å². The van der Waals surface area contributed by atoms with E-state index >= 15 is 0 Å². The van der Waals surface area contributed by atoms with Gasteiger partial charge in [-0.25, -0.2) is 4.79 Å². The summed E-state index contributed by atoms with van der Waals surface area (Å²) in [6.07, 6.45) is 0.351. The number of hydrogen-bond donors (Lipinski definition) is 1. The predicted octanol–water partition coefficient (Wildman–Crippen LogP) is 3.45. The number of amides is 1. The summed E-state index contributed by atoms with van der Waals surface area (Å²) in [7, 11) is 1.61.